The van der Waals surface area contributed by atoms with E-state index >= 15 is 0 Å². The third-order valence-electron chi connectivity index (χ3n) is 4.95. The first-order valence-electron chi connectivity index (χ1n) is 9.79. The van der Waals surface area contributed by atoms with Crippen molar-refractivity contribution in [2.45, 2.75) is 18.9 Å². The van der Waals surface area contributed by atoms with E-state index in [-0.39, 0.29) is 18.6 Å². The normalized spacial score (nSPS) is 15.9. The Morgan fingerprint density at radius 1 is 1.13 bits per heavy atom. The van der Waals surface area contributed by atoms with Crippen LogP contribution >= 0.6 is 11.3 Å². The lowest BCUT2D eigenvalue weighted by Crippen LogP contribution is -2.40. The topological polar surface area (TPSA) is 70.1 Å². The zero-order valence-corrected chi connectivity index (χ0v) is 17.8. The molecular weight excluding hydrogens is 404 g/mol. The second-order valence-electron chi connectivity index (χ2n) is 6.93. The van der Waals surface area contributed by atoms with Crippen molar-refractivity contribution in [1.82, 2.24) is 4.98 Å². The van der Waals surface area contributed by atoms with Gasteiger partial charge in [0.1, 0.15) is 17.2 Å². The summed E-state index contributed by atoms with van der Waals surface area (Å²) in [6, 6.07) is 12.9. The van der Waals surface area contributed by atoms with Crippen molar-refractivity contribution < 1.29 is 23.7 Å². The summed E-state index contributed by atoms with van der Waals surface area (Å²) in [5, 5.41) is 0.636. The molecular formula is C22H24N2O5S. The molecule has 3 aromatic rings. The van der Waals surface area contributed by atoms with Crippen molar-refractivity contribution in [2.75, 3.05) is 38.9 Å². The number of carbonyl (C=O) groups excluding carboxylic acids is 1. The van der Waals surface area contributed by atoms with Gasteiger partial charge in [-0.1, -0.05) is 11.3 Å². The molecule has 0 aliphatic carbocycles. The lowest BCUT2D eigenvalue weighted by molar-refractivity contribution is -0.120. The van der Waals surface area contributed by atoms with Gasteiger partial charge in [0.25, 0.3) is 5.91 Å². The van der Waals surface area contributed by atoms with Gasteiger partial charge in [-0.05, 0) is 49.2 Å². The Labute approximate surface area is 179 Å². The lowest BCUT2D eigenvalue weighted by Gasteiger charge is -2.23. The summed E-state index contributed by atoms with van der Waals surface area (Å²) < 4.78 is 22.9. The maximum absolute atomic E-state index is 13.1. The van der Waals surface area contributed by atoms with Gasteiger partial charge in [0.15, 0.2) is 11.7 Å². The van der Waals surface area contributed by atoms with Crippen LogP contribution in [0.15, 0.2) is 42.5 Å². The number of rotatable bonds is 8. The highest BCUT2D eigenvalue weighted by molar-refractivity contribution is 7.22. The van der Waals surface area contributed by atoms with Crippen LogP contribution in [0.25, 0.3) is 10.2 Å². The van der Waals surface area contributed by atoms with Crippen molar-refractivity contribution in [3.05, 3.63) is 42.5 Å². The number of hydrogen-bond acceptors (Lipinski definition) is 7. The van der Waals surface area contributed by atoms with Crippen LogP contribution in [0.3, 0.4) is 0 Å². The first kappa shape index (κ1) is 20.4. The standard InChI is InChI=1S/C22H24N2O5S/c1-26-15-5-7-16(8-6-15)29-14-21(25)24(13-18-4-3-11-28-18)22-23-19-12-17(27-2)9-10-20(19)30-22/h5-10,12,18H,3-4,11,13-14H2,1-2H3. The third-order valence-corrected chi connectivity index (χ3v) is 6.01. The van der Waals surface area contributed by atoms with E-state index in [1.165, 1.54) is 11.3 Å². The van der Waals surface area contributed by atoms with Crippen LogP contribution in [0.1, 0.15) is 12.8 Å². The molecule has 0 radical (unpaired) electrons. The molecule has 1 aliphatic rings. The number of benzene rings is 2. The van der Waals surface area contributed by atoms with Crippen LogP contribution in [-0.4, -0.2) is 51.0 Å². The average molecular weight is 429 g/mol. The number of aromatic nitrogens is 1. The van der Waals surface area contributed by atoms with Crippen molar-refractivity contribution >= 4 is 32.6 Å². The molecule has 1 aliphatic heterocycles. The van der Waals surface area contributed by atoms with Crippen LogP contribution in [0.4, 0.5) is 5.13 Å². The van der Waals surface area contributed by atoms with E-state index in [9.17, 15) is 4.79 Å². The molecule has 0 spiro atoms. The van der Waals surface area contributed by atoms with E-state index in [1.54, 1.807) is 43.4 Å². The molecule has 1 unspecified atom stereocenters. The molecule has 1 fully saturated rings. The summed E-state index contributed by atoms with van der Waals surface area (Å²) in [6.45, 7) is 1.10. The first-order valence-corrected chi connectivity index (χ1v) is 10.6. The summed E-state index contributed by atoms with van der Waals surface area (Å²) in [4.78, 5) is 19.4. The fourth-order valence-electron chi connectivity index (χ4n) is 3.31. The first-order chi connectivity index (χ1) is 14.7. The summed E-state index contributed by atoms with van der Waals surface area (Å²) in [6.07, 6.45) is 1.95. The zero-order chi connectivity index (χ0) is 20.9. The number of anilines is 1. The number of carbonyl (C=O) groups is 1. The Balaban J connectivity index is 1.53. The Hall–Kier alpha value is -2.84. The zero-order valence-electron chi connectivity index (χ0n) is 17.0. The smallest absolute Gasteiger partial charge is 0.266 e. The molecule has 0 N–H and O–H groups in total. The highest BCUT2D eigenvalue weighted by atomic mass is 32.1. The molecule has 7 nitrogen and oxygen atoms in total. The number of thiazole rings is 1. The largest absolute Gasteiger partial charge is 0.497 e. The Kier molecular flexibility index (Phi) is 6.35. The number of nitrogens with zero attached hydrogens (tertiary/aromatic N) is 2. The van der Waals surface area contributed by atoms with Crippen LogP contribution in [-0.2, 0) is 9.53 Å². The van der Waals surface area contributed by atoms with Crippen LogP contribution in [0.5, 0.6) is 17.2 Å². The van der Waals surface area contributed by atoms with Gasteiger partial charge in [0.2, 0.25) is 0 Å². The van der Waals surface area contributed by atoms with Gasteiger partial charge in [0.05, 0.1) is 37.1 Å². The predicted octanol–water partition coefficient (Wildman–Crippen LogP) is 3.90. The molecule has 0 saturated carbocycles. The minimum Gasteiger partial charge on any atom is -0.497 e. The maximum atomic E-state index is 13.1. The Morgan fingerprint density at radius 2 is 1.87 bits per heavy atom. The molecule has 158 valence electrons. The molecule has 0 bridgehead atoms. The van der Waals surface area contributed by atoms with Gasteiger partial charge in [-0.3, -0.25) is 9.69 Å². The highest BCUT2D eigenvalue weighted by Gasteiger charge is 2.26. The molecule has 2 aromatic carbocycles. The quantitative estimate of drug-likeness (QED) is 0.542. The molecule has 1 aromatic heterocycles. The van der Waals surface area contributed by atoms with E-state index < -0.39 is 0 Å². The van der Waals surface area contributed by atoms with E-state index in [4.69, 9.17) is 18.9 Å². The van der Waals surface area contributed by atoms with Gasteiger partial charge in [-0.25, -0.2) is 4.98 Å². The highest BCUT2D eigenvalue weighted by Crippen LogP contribution is 2.32. The van der Waals surface area contributed by atoms with Crippen LogP contribution < -0.4 is 19.1 Å². The summed E-state index contributed by atoms with van der Waals surface area (Å²) >= 11 is 1.47. The van der Waals surface area contributed by atoms with Gasteiger partial charge in [0, 0.05) is 12.7 Å². The lowest BCUT2D eigenvalue weighted by atomic mass is 10.2. The molecule has 4 rings (SSSR count). The number of methoxy groups -OCH3 is 2. The van der Waals surface area contributed by atoms with Gasteiger partial charge in [-0.15, -0.1) is 0 Å². The Bertz CT molecular complexity index is 998. The number of fused-ring (bicyclic) bond motifs is 1. The molecule has 30 heavy (non-hydrogen) atoms. The van der Waals surface area contributed by atoms with Gasteiger partial charge < -0.3 is 18.9 Å². The minimum absolute atomic E-state index is 0.0106. The van der Waals surface area contributed by atoms with E-state index in [0.717, 1.165) is 41.2 Å². The molecule has 1 atom stereocenters. The average Bonchev–Trinajstić information content (AvgIpc) is 3.45. The fraction of sp³-hybridized carbons (Fsp3) is 0.364. The SMILES string of the molecule is COc1ccc(OCC(=O)N(CC2CCCO2)c2nc3cc(OC)ccc3s2)cc1. The molecule has 8 heteroatoms. The predicted molar refractivity (Wildman–Crippen MR) is 116 cm³/mol. The van der Waals surface area contributed by atoms with Gasteiger partial charge >= 0.3 is 0 Å². The number of ether oxygens (including phenoxy) is 4. The molecule has 2 heterocycles. The number of hydrogen-bond donors (Lipinski definition) is 0. The van der Waals surface area contributed by atoms with Crippen molar-refractivity contribution in [1.29, 1.82) is 0 Å². The van der Waals surface area contributed by atoms with Crippen LogP contribution in [0, 0.1) is 0 Å². The summed E-state index contributed by atoms with van der Waals surface area (Å²) in [5.41, 5.74) is 0.801. The summed E-state index contributed by atoms with van der Waals surface area (Å²) in [5.74, 6) is 1.92. The second kappa shape index (κ2) is 9.32. The fourth-order valence-corrected chi connectivity index (χ4v) is 4.28. The third kappa shape index (κ3) is 4.66. The van der Waals surface area contributed by atoms with Crippen molar-refractivity contribution in [3.8, 4) is 17.2 Å². The van der Waals surface area contributed by atoms with Gasteiger partial charge in [-0.2, -0.15) is 0 Å². The Morgan fingerprint density at radius 3 is 2.57 bits per heavy atom. The maximum Gasteiger partial charge on any atom is 0.266 e. The minimum atomic E-state index is -0.160. The second-order valence-corrected chi connectivity index (χ2v) is 7.94. The van der Waals surface area contributed by atoms with E-state index in [1.807, 2.05) is 18.2 Å². The van der Waals surface area contributed by atoms with E-state index in [0.29, 0.717) is 17.4 Å². The molecule has 1 saturated heterocycles. The monoisotopic (exact) mass is 428 g/mol. The van der Waals surface area contributed by atoms with Crippen molar-refractivity contribution in [2.24, 2.45) is 0 Å². The van der Waals surface area contributed by atoms with E-state index in [2.05, 4.69) is 4.98 Å². The summed E-state index contributed by atoms with van der Waals surface area (Å²) in [7, 11) is 3.23. The van der Waals surface area contributed by atoms with Crippen LogP contribution in [0.2, 0.25) is 0 Å². The number of amides is 1. The molecule has 1 amide bonds. The van der Waals surface area contributed by atoms with Crippen molar-refractivity contribution in [3.63, 3.8) is 0 Å².